The van der Waals surface area contributed by atoms with Gasteiger partial charge in [0.15, 0.2) is 0 Å². The third-order valence-electron chi connectivity index (χ3n) is 9.35. The van der Waals surface area contributed by atoms with Crippen molar-refractivity contribution in [1.82, 2.24) is 41.0 Å². The highest BCUT2D eigenvalue weighted by molar-refractivity contribution is 6.39. The lowest BCUT2D eigenvalue weighted by Gasteiger charge is -2.15. The molecular weight excluding hydrogens is 675 g/mol. The minimum atomic E-state index is 0.0992. The molecule has 0 radical (unpaired) electrons. The first-order valence-electron chi connectivity index (χ1n) is 16.7. The molecule has 2 saturated heterocycles. The molecule has 7 rings (SSSR count). The average Bonchev–Trinajstić information content (AvgIpc) is 3.83. The highest BCUT2D eigenvalue weighted by Gasteiger charge is 2.22. The van der Waals surface area contributed by atoms with Gasteiger partial charge < -0.3 is 26.0 Å². The second kappa shape index (κ2) is 14.7. The molecule has 13 heteroatoms. The van der Waals surface area contributed by atoms with E-state index in [-0.39, 0.29) is 23.9 Å². The number of aromatic nitrogens is 4. The third-order valence-corrected chi connectivity index (χ3v) is 10.1. The molecule has 2 atom stereocenters. The number of carbonyl (C=O) groups excluding carboxylic acids is 2. The fraction of sp³-hybridized carbons (Fsp3) is 0.324. The van der Waals surface area contributed by atoms with E-state index in [0.29, 0.717) is 66.3 Å². The quantitative estimate of drug-likeness (QED) is 0.135. The zero-order valence-electron chi connectivity index (χ0n) is 27.9. The van der Waals surface area contributed by atoms with Crippen molar-refractivity contribution in [2.24, 2.45) is 7.05 Å². The van der Waals surface area contributed by atoms with Crippen LogP contribution in [0.3, 0.4) is 0 Å². The maximum absolute atomic E-state index is 11.5. The largest absolute Gasteiger partial charge is 0.481 e. The average molecular weight is 714 g/mol. The van der Waals surface area contributed by atoms with E-state index in [2.05, 4.69) is 38.4 Å². The molecule has 0 saturated carbocycles. The molecule has 2 fully saturated rings. The predicted molar refractivity (Wildman–Crippen MR) is 195 cm³/mol. The summed E-state index contributed by atoms with van der Waals surface area (Å²) in [7, 11) is 3.52. The summed E-state index contributed by atoms with van der Waals surface area (Å²) >= 11 is 14.2. The number of rotatable bonds is 12. The van der Waals surface area contributed by atoms with E-state index in [1.54, 1.807) is 13.3 Å². The number of methoxy groups -OCH3 is 1. The Balaban J connectivity index is 1.11. The number of fused-ring (bicyclic) bond motifs is 1. The van der Waals surface area contributed by atoms with Crippen molar-refractivity contribution in [2.45, 2.75) is 50.9 Å². The number of nitrogens with zero attached hydrogens (tertiary/aromatic N) is 4. The molecule has 2 aromatic carbocycles. The molecule has 11 nitrogen and oxygen atoms in total. The first-order valence-corrected chi connectivity index (χ1v) is 17.5. The maximum Gasteiger partial charge on any atom is 0.220 e. The van der Waals surface area contributed by atoms with Gasteiger partial charge >= 0.3 is 0 Å². The summed E-state index contributed by atoms with van der Waals surface area (Å²) in [5.41, 5.74) is 7.23. The van der Waals surface area contributed by atoms with Gasteiger partial charge in [-0.3, -0.25) is 19.3 Å². The molecule has 0 unspecified atom stereocenters. The maximum atomic E-state index is 11.5. The molecule has 0 aliphatic carbocycles. The van der Waals surface area contributed by atoms with Crippen LogP contribution in [0.15, 0.2) is 60.8 Å². The van der Waals surface area contributed by atoms with Gasteiger partial charge in [-0.1, -0.05) is 59.6 Å². The summed E-state index contributed by atoms with van der Waals surface area (Å²) in [5.74, 6) is 0.713. The second-order valence-electron chi connectivity index (χ2n) is 12.7. The Morgan fingerprint density at radius 1 is 0.880 bits per heavy atom. The van der Waals surface area contributed by atoms with E-state index in [9.17, 15) is 9.59 Å². The van der Waals surface area contributed by atoms with Crippen LogP contribution in [0.25, 0.3) is 44.5 Å². The number of ether oxygens (including phenoxy) is 1. The Morgan fingerprint density at radius 3 is 2.28 bits per heavy atom. The third kappa shape index (κ3) is 7.04. The van der Waals surface area contributed by atoms with Gasteiger partial charge in [0.05, 0.1) is 39.8 Å². The van der Waals surface area contributed by atoms with Crippen LogP contribution >= 0.6 is 23.2 Å². The van der Waals surface area contributed by atoms with E-state index in [1.807, 2.05) is 54.2 Å². The van der Waals surface area contributed by atoms with Gasteiger partial charge in [-0.15, -0.1) is 0 Å². The molecule has 3 aromatic heterocycles. The van der Waals surface area contributed by atoms with Crippen LogP contribution in [-0.4, -0.2) is 63.8 Å². The Labute approximate surface area is 300 Å². The molecule has 258 valence electrons. The van der Waals surface area contributed by atoms with Crippen molar-refractivity contribution in [3.63, 3.8) is 0 Å². The van der Waals surface area contributed by atoms with E-state index in [1.165, 1.54) is 0 Å². The number of amides is 2. The molecule has 2 aliphatic heterocycles. The number of benzene rings is 2. The number of pyridine rings is 2. The molecule has 4 N–H and O–H groups in total. The Bertz CT molecular complexity index is 2080. The highest BCUT2D eigenvalue weighted by Crippen LogP contribution is 2.42. The van der Waals surface area contributed by atoms with E-state index in [0.717, 1.165) is 57.3 Å². The predicted octanol–water partition coefficient (Wildman–Crippen LogP) is 5.42. The van der Waals surface area contributed by atoms with Crippen LogP contribution in [0.5, 0.6) is 5.88 Å². The van der Waals surface area contributed by atoms with Crippen molar-refractivity contribution in [1.29, 1.82) is 0 Å². The zero-order valence-corrected chi connectivity index (χ0v) is 29.4. The smallest absolute Gasteiger partial charge is 0.220 e. The summed E-state index contributed by atoms with van der Waals surface area (Å²) in [6.07, 6.45) is 4.58. The van der Waals surface area contributed by atoms with Gasteiger partial charge in [-0.05, 0) is 31.0 Å². The minimum absolute atomic E-state index is 0.0992. The van der Waals surface area contributed by atoms with Crippen molar-refractivity contribution >= 4 is 45.9 Å². The molecule has 50 heavy (non-hydrogen) atoms. The van der Waals surface area contributed by atoms with Gasteiger partial charge in [0.25, 0.3) is 0 Å². The van der Waals surface area contributed by atoms with Gasteiger partial charge in [0.1, 0.15) is 0 Å². The standard InChI is InChI=1S/C37H38Cl2N8O3/c1-47-31-16-21(6-10-27(31)30(46-47)20-41-19-24-9-13-33(49)44-24)36-35(39)26(14-15-42-36)25-4-3-5-28(34(25)38)29-11-7-22(37(45-29)50-2)17-40-18-23-8-12-32(48)43-23/h3-7,10-11,14-16,23-24,40-41H,8-9,12-13,17-20H2,1-2H3,(H,43,48)(H,44,49)/t23-,24+/m1/s1. The lowest BCUT2D eigenvalue weighted by atomic mass is 9.99. The molecule has 0 spiro atoms. The summed E-state index contributed by atoms with van der Waals surface area (Å²) in [6, 6.07) is 18.0. The highest BCUT2D eigenvalue weighted by atomic mass is 35.5. The van der Waals surface area contributed by atoms with Gasteiger partial charge in [0.2, 0.25) is 17.7 Å². The van der Waals surface area contributed by atoms with Crippen LogP contribution in [-0.2, 0) is 29.7 Å². The Kier molecular flexibility index (Phi) is 10.0. The van der Waals surface area contributed by atoms with Crippen molar-refractivity contribution in [3.8, 4) is 39.5 Å². The van der Waals surface area contributed by atoms with Gasteiger partial charge in [-0.2, -0.15) is 5.10 Å². The molecule has 5 heterocycles. The van der Waals surface area contributed by atoms with Crippen LogP contribution in [0.4, 0.5) is 0 Å². The first-order chi connectivity index (χ1) is 24.3. The molecule has 5 aromatic rings. The first kappa shape index (κ1) is 33.9. The summed E-state index contributed by atoms with van der Waals surface area (Å²) in [4.78, 5) is 32.5. The number of hydrogen-bond acceptors (Lipinski definition) is 8. The van der Waals surface area contributed by atoms with Crippen LogP contribution < -0.4 is 26.0 Å². The normalized spacial score (nSPS) is 17.4. The van der Waals surface area contributed by atoms with Crippen LogP contribution in [0.1, 0.15) is 36.9 Å². The topological polar surface area (TPSA) is 135 Å². The fourth-order valence-corrected chi connectivity index (χ4v) is 7.39. The fourth-order valence-electron chi connectivity index (χ4n) is 6.74. The number of halogens is 2. The SMILES string of the molecule is COc1nc(-c2cccc(-c3ccnc(-c4ccc5c(CNC[C@@H]6CCC(=O)N6)nn(C)c5c4)c3Cl)c2Cl)ccc1CNC[C@H]1CCC(=O)N1. The monoisotopic (exact) mass is 712 g/mol. The number of aryl methyl sites for hydroxylation is 1. The minimum Gasteiger partial charge on any atom is -0.481 e. The van der Waals surface area contributed by atoms with Crippen molar-refractivity contribution in [2.75, 3.05) is 20.2 Å². The zero-order chi connectivity index (χ0) is 34.8. The lowest BCUT2D eigenvalue weighted by molar-refractivity contribution is -0.120. The van der Waals surface area contributed by atoms with Crippen LogP contribution in [0, 0.1) is 0 Å². The van der Waals surface area contributed by atoms with Crippen molar-refractivity contribution < 1.29 is 14.3 Å². The number of carbonyl (C=O) groups is 2. The Hall–Kier alpha value is -4.55. The molecule has 2 amide bonds. The lowest BCUT2D eigenvalue weighted by Crippen LogP contribution is -2.35. The molecule has 2 aliphatic rings. The second-order valence-corrected chi connectivity index (χ2v) is 13.5. The van der Waals surface area contributed by atoms with Gasteiger partial charge in [-0.25, -0.2) is 4.98 Å². The Morgan fingerprint density at radius 2 is 1.58 bits per heavy atom. The van der Waals surface area contributed by atoms with Crippen molar-refractivity contribution in [3.05, 3.63) is 82.1 Å². The summed E-state index contributed by atoms with van der Waals surface area (Å²) in [5, 5.41) is 19.6. The van der Waals surface area contributed by atoms with Gasteiger partial charge in [0, 0.05) is 97.6 Å². The van der Waals surface area contributed by atoms with E-state index >= 15 is 0 Å². The molecular formula is C37H38Cl2N8O3. The van der Waals surface area contributed by atoms with E-state index in [4.69, 9.17) is 38.0 Å². The summed E-state index contributed by atoms with van der Waals surface area (Å²) in [6.45, 7) is 2.52. The van der Waals surface area contributed by atoms with E-state index < -0.39 is 0 Å². The summed E-state index contributed by atoms with van der Waals surface area (Å²) < 4.78 is 7.52. The number of nitrogens with one attached hydrogen (secondary N) is 4. The van der Waals surface area contributed by atoms with Crippen LogP contribution in [0.2, 0.25) is 10.0 Å². The molecule has 0 bridgehead atoms. The number of hydrogen-bond donors (Lipinski definition) is 4.